The molecule has 1 saturated carbocycles. The standard InChI is InChI=1S/C19H27NO5/c1-5-25-19(10-8-13(2)9-11-19)18(22)20-14-6-7-16(23-3)15(12-14)17(21)24-4/h6-7,12-13H,5,8-11H2,1-4H3,(H,20,22). The van der Waals surface area contributed by atoms with Crippen LogP contribution < -0.4 is 10.1 Å². The number of ether oxygens (including phenoxy) is 3. The molecule has 0 spiro atoms. The third kappa shape index (κ3) is 4.31. The highest BCUT2D eigenvalue weighted by Gasteiger charge is 2.42. The Bertz CT molecular complexity index is 620. The molecule has 2 rings (SSSR count). The van der Waals surface area contributed by atoms with Gasteiger partial charge in [-0.15, -0.1) is 0 Å². The number of carbonyl (C=O) groups excluding carboxylic acids is 2. The summed E-state index contributed by atoms with van der Waals surface area (Å²) in [5.41, 5.74) is -0.0125. The van der Waals surface area contributed by atoms with Crippen molar-refractivity contribution < 1.29 is 23.8 Å². The molecule has 1 aromatic carbocycles. The summed E-state index contributed by atoms with van der Waals surface area (Å²) in [6, 6.07) is 4.90. The Morgan fingerprint density at radius 1 is 1.24 bits per heavy atom. The van der Waals surface area contributed by atoms with Crippen LogP contribution in [-0.2, 0) is 14.3 Å². The van der Waals surface area contributed by atoms with Gasteiger partial charge in [0.1, 0.15) is 16.9 Å². The quantitative estimate of drug-likeness (QED) is 0.797. The molecular weight excluding hydrogens is 322 g/mol. The zero-order valence-corrected chi connectivity index (χ0v) is 15.4. The van der Waals surface area contributed by atoms with Crippen LogP contribution in [0.2, 0.25) is 0 Å². The van der Waals surface area contributed by atoms with Crippen LogP contribution >= 0.6 is 0 Å². The van der Waals surface area contributed by atoms with Crippen molar-refractivity contribution >= 4 is 17.6 Å². The molecule has 0 aliphatic heterocycles. The predicted molar refractivity (Wildman–Crippen MR) is 95.0 cm³/mol. The van der Waals surface area contributed by atoms with Crippen LogP contribution in [-0.4, -0.2) is 38.3 Å². The van der Waals surface area contributed by atoms with E-state index in [0.29, 0.717) is 36.8 Å². The average Bonchev–Trinajstić information content (AvgIpc) is 2.63. The number of rotatable bonds is 6. The Morgan fingerprint density at radius 2 is 1.92 bits per heavy atom. The monoisotopic (exact) mass is 349 g/mol. The van der Waals surface area contributed by atoms with Gasteiger partial charge in [-0.3, -0.25) is 4.79 Å². The van der Waals surface area contributed by atoms with Crippen molar-refractivity contribution in [1.82, 2.24) is 0 Å². The molecule has 1 aliphatic carbocycles. The van der Waals surface area contributed by atoms with Gasteiger partial charge in [0.05, 0.1) is 14.2 Å². The SMILES string of the molecule is CCOC1(C(=O)Nc2ccc(OC)c(C(=O)OC)c2)CCC(C)CC1. The largest absolute Gasteiger partial charge is 0.496 e. The third-order valence-electron chi connectivity index (χ3n) is 4.78. The Morgan fingerprint density at radius 3 is 2.48 bits per heavy atom. The van der Waals surface area contributed by atoms with Crippen LogP contribution in [0.5, 0.6) is 5.75 Å². The summed E-state index contributed by atoms with van der Waals surface area (Å²) in [5.74, 6) is 0.324. The number of hydrogen-bond donors (Lipinski definition) is 1. The van der Waals surface area contributed by atoms with Crippen LogP contribution in [0.4, 0.5) is 5.69 Å². The Labute approximate surface area is 148 Å². The van der Waals surface area contributed by atoms with Crippen molar-refractivity contribution in [1.29, 1.82) is 0 Å². The first-order valence-corrected chi connectivity index (χ1v) is 8.67. The molecule has 1 N–H and O–H groups in total. The number of esters is 1. The van der Waals surface area contributed by atoms with E-state index in [2.05, 4.69) is 12.2 Å². The lowest BCUT2D eigenvalue weighted by atomic mass is 9.78. The van der Waals surface area contributed by atoms with Gasteiger partial charge in [-0.25, -0.2) is 4.79 Å². The summed E-state index contributed by atoms with van der Waals surface area (Å²) in [6.45, 7) is 4.58. The van der Waals surface area contributed by atoms with Crippen molar-refractivity contribution in [3.05, 3.63) is 23.8 Å². The zero-order chi connectivity index (χ0) is 18.4. The summed E-state index contributed by atoms with van der Waals surface area (Å²) in [5, 5.41) is 2.90. The van der Waals surface area contributed by atoms with E-state index in [4.69, 9.17) is 14.2 Å². The zero-order valence-electron chi connectivity index (χ0n) is 15.4. The summed E-state index contributed by atoms with van der Waals surface area (Å²) >= 11 is 0. The number of anilines is 1. The van der Waals surface area contributed by atoms with Crippen LogP contribution in [0.15, 0.2) is 18.2 Å². The molecular formula is C19H27NO5. The minimum atomic E-state index is -0.799. The van der Waals surface area contributed by atoms with E-state index in [9.17, 15) is 9.59 Å². The Hall–Kier alpha value is -2.08. The van der Waals surface area contributed by atoms with Gasteiger partial charge in [-0.1, -0.05) is 6.92 Å². The van der Waals surface area contributed by atoms with Gasteiger partial charge in [0.25, 0.3) is 5.91 Å². The highest BCUT2D eigenvalue weighted by Crippen LogP contribution is 2.36. The molecule has 0 saturated heterocycles. The Kier molecular flexibility index (Phi) is 6.42. The maximum atomic E-state index is 12.9. The lowest BCUT2D eigenvalue weighted by molar-refractivity contribution is -0.146. The van der Waals surface area contributed by atoms with E-state index in [-0.39, 0.29) is 11.5 Å². The number of carbonyl (C=O) groups is 2. The highest BCUT2D eigenvalue weighted by atomic mass is 16.5. The smallest absolute Gasteiger partial charge is 0.341 e. The molecule has 1 fully saturated rings. The van der Waals surface area contributed by atoms with Crippen molar-refractivity contribution in [3.8, 4) is 5.75 Å². The van der Waals surface area contributed by atoms with Crippen molar-refractivity contribution in [2.24, 2.45) is 5.92 Å². The van der Waals surface area contributed by atoms with Crippen LogP contribution in [0, 0.1) is 5.92 Å². The second kappa shape index (κ2) is 8.34. The lowest BCUT2D eigenvalue weighted by Gasteiger charge is -2.37. The van der Waals surface area contributed by atoms with Gasteiger partial charge < -0.3 is 19.5 Å². The second-order valence-corrected chi connectivity index (χ2v) is 6.47. The Balaban J connectivity index is 2.22. The fourth-order valence-electron chi connectivity index (χ4n) is 3.24. The van der Waals surface area contributed by atoms with Crippen LogP contribution in [0.25, 0.3) is 0 Å². The molecule has 0 atom stereocenters. The van der Waals surface area contributed by atoms with Crippen LogP contribution in [0.1, 0.15) is 49.9 Å². The van der Waals surface area contributed by atoms with E-state index in [0.717, 1.165) is 12.8 Å². The summed E-state index contributed by atoms with van der Waals surface area (Å²) < 4.78 is 15.8. The second-order valence-electron chi connectivity index (χ2n) is 6.47. The number of hydrogen-bond acceptors (Lipinski definition) is 5. The molecule has 6 nitrogen and oxygen atoms in total. The topological polar surface area (TPSA) is 73.9 Å². The maximum absolute atomic E-state index is 12.9. The van der Waals surface area contributed by atoms with Crippen molar-refractivity contribution in [3.63, 3.8) is 0 Å². The molecule has 0 aromatic heterocycles. The first-order chi connectivity index (χ1) is 12.0. The highest BCUT2D eigenvalue weighted by molar-refractivity contribution is 5.99. The molecule has 0 radical (unpaired) electrons. The first kappa shape index (κ1) is 19.2. The third-order valence-corrected chi connectivity index (χ3v) is 4.78. The molecule has 0 bridgehead atoms. The number of methoxy groups -OCH3 is 2. The minimum absolute atomic E-state index is 0.165. The van der Waals surface area contributed by atoms with Gasteiger partial charge >= 0.3 is 5.97 Å². The lowest BCUT2D eigenvalue weighted by Crippen LogP contribution is -2.48. The summed E-state index contributed by atoms with van der Waals surface area (Å²) in [7, 11) is 2.79. The molecule has 6 heteroatoms. The fraction of sp³-hybridized carbons (Fsp3) is 0.579. The fourth-order valence-corrected chi connectivity index (χ4v) is 3.24. The van der Waals surface area contributed by atoms with E-state index < -0.39 is 11.6 Å². The maximum Gasteiger partial charge on any atom is 0.341 e. The average molecular weight is 349 g/mol. The summed E-state index contributed by atoms with van der Waals surface area (Å²) in [6.07, 6.45) is 3.33. The van der Waals surface area contributed by atoms with E-state index >= 15 is 0 Å². The number of amides is 1. The van der Waals surface area contributed by atoms with E-state index in [1.165, 1.54) is 14.2 Å². The van der Waals surface area contributed by atoms with E-state index in [1.807, 2.05) is 6.92 Å². The molecule has 1 aliphatic rings. The molecule has 0 unspecified atom stereocenters. The van der Waals surface area contributed by atoms with Gasteiger partial charge in [-0.05, 0) is 56.7 Å². The van der Waals surface area contributed by atoms with Crippen molar-refractivity contribution in [2.45, 2.75) is 45.1 Å². The van der Waals surface area contributed by atoms with Crippen LogP contribution in [0.3, 0.4) is 0 Å². The normalized spacial score (nSPS) is 23.0. The van der Waals surface area contributed by atoms with Gasteiger partial charge in [0, 0.05) is 12.3 Å². The number of benzene rings is 1. The summed E-state index contributed by atoms with van der Waals surface area (Å²) in [4.78, 5) is 24.8. The van der Waals surface area contributed by atoms with E-state index in [1.54, 1.807) is 18.2 Å². The predicted octanol–water partition coefficient (Wildman–Crippen LogP) is 3.41. The number of nitrogens with one attached hydrogen (secondary N) is 1. The minimum Gasteiger partial charge on any atom is -0.496 e. The van der Waals surface area contributed by atoms with Gasteiger partial charge in [0.15, 0.2) is 0 Å². The van der Waals surface area contributed by atoms with Gasteiger partial charge in [0.2, 0.25) is 0 Å². The van der Waals surface area contributed by atoms with Gasteiger partial charge in [-0.2, -0.15) is 0 Å². The first-order valence-electron chi connectivity index (χ1n) is 8.67. The molecule has 138 valence electrons. The molecule has 25 heavy (non-hydrogen) atoms. The molecule has 0 heterocycles. The van der Waals surface area contributed by atoms with Crippen molar-refractivity contribution in [2.75, 3.05) is 26.1 Å². The molecule has 1 amide bonds. The molecule has 1 aromatic rings.